The van der Waals surface area contributed by atoms with Crippen LogP contribution in [0.4, 0.5) is 0 Å². The SMILES string of the molecule is CCCCCCCCCCCCCCCCCC(C)(C)C(O)S. The molecule has 1 unspecified atom stereocenters. The molecule has 0 fully saturated rings. The van der Waals surface area contributed by atoms with Gasteiger partial charge in [0.15, 0.2) is 0 Å². The molecule has 0 radical (unpaired) electrons. The van der Waals surface area contributed by atoms with Gasteiger partial charge in [0.25, 0.3) is 0 Å². The molecule has 0 heterocycles. The van der Waals surface area contributed by atoms with Gasteiger partial charge in [0.1, 0.15) is 5.44 Å². The Hall–Kier alpha value is 0.310. The van der Waals surface area contributed by atoms with Crippen molar-refractivity contribution in [2.24, 2.45) is 5.41 Å². The Morgan fingerprint density at radius 3 is 1.26 bits per heavy atom. The molecule has 1 N–H and O–H groups in total. The van der Waals surface area contributed by atoms with E-state index < -0.39 is 5.44 Å². The first-order valence-electron chi connectivity index (χ1n) is 10.4. The number of unbranched alkanes of at least 4 members (excludes halogenated alkanes) is 14. The summed E-state index contributed by atoms with van der Waals surface area (Å²) in [5, 5.41) is 9.56. The predicted octanol–water partition coefficient (Wildman–Crippen LogP) is 7.52. The van der Waals surface area contributed by atoms with E-state index in [0.717, 1.165) is 6.42 Å². The van der Waals surface area contributed by atoms with Gasteiger partial charge >= 0.3 is 0 Å². The molecule has 0 saturated heterocycles. The summed E-state index contributed by atoms with van der Waals surface area (Å²) in [4.78, 5) is 0. The summed E-state index contributed by atoms with van der Waals surface area (Å²) in [5.74, 6) is 0. The smallest absolute Gasteiger partial charge is 0.102 e. The number of hydrogen-bond acceptors (Lipinski definition) is 2. The number of thiol groups is 1. The van der Waals surface area contributed by atoms with Crippen molar-refractivity contribution < 1.29 is 5.11 Å². The van der Waals surface area contributed by atoms with Crippen molar-refractivity contribution in [3.63, 3.8) is 0 Å². The Morgan fingerprint density at radius 1 is 0.652 bits per heavy atom. The molecule has 1 nitrogen and oxygen atoms in total. The van der Waals surface area contributed by atoms with E-state index in [2.05, 4.69) is 33.4 Å². The first kappa shape index (κ1) is 23.3. The minimum absolute atomic E-state index is 0.0420. The van der Waals surface area contributed by atoms with Crippen molar-refractivity contribution in [2.45, 2.75) is 129 Å². The average molecular weight is 345 g/mol. The number of aliphatic hydroxyl groups is 1. The quantitative estimate of drug-likeness (QED) is 0.159. The van der Waals surface area contributed by atoms with Gasteiger partial charge in [-0.3, -0.25) is 0 Å². The summed E-state index contributed by atoms with van der Waals surface area (Å²) < 4.78 is 0. The van der Waals surface area contributed by atoms with Crippen LogP contribution in [0, 0.1) is 5.41 Å². The van der Waals surface area contributed by atoms with Crippen LogP contribution < -0.4 is 0 Å². The molecule has 0 rings (SSSR count). The van der Waals surface area contributed by atoms with Gasteiger partial charge in [0.05, 0.1) is 0 Å². The Labute approximate surface area is 152 Å². The second kappa shape index (κ2) is 15.8. The monoisotopic (exact) mass is 344 g/mol. The lowest BCUT2D eigenvalue weighted by atomic mass is 9.87. The zero-order valence-electron chi connectivity index (χ0n) is 16.3. The van der Waals surface area contributed by atoms with E-state index in [1.165, 1.54) is 96.3 Å². The van der Waals surface area contributed by atoms with Gasteiger partial charge in [-0.1, -0.05) is 117 Å². The molecule has 2 heteroatoms. The Bertz CT molecular complexity index is 238. The molecular formula is C21H44OS. The van der Waals surface area contributed by atoms with Crippen LogP contribution in [-0.2, 0) is 0 Å². The highest BCUT2D eigenvalue weighted by Gasteiger charge is 2.23. The van der Waals surface area contributed by atoms with Gasteiger partial charge in [0, 0.05) is 0 Å². The topological polar surface area (TPSA) is 20.2 Å². The maximum atomic E-state index is 9.56. The molecule has 0 aliphatic carbocycles. The number of rotatable bonds is 17. The third-order valence-corrected chi connectivity index (χ3v) is 5.82. The summed E-state index contributed by atoms with van der Waals surface area (Å²) >= 11 is 4.16. The third kappa shape index (κ3) is 15.6. The van der Waals surface area contributed by atoms with Crippen LogP contribution >= 0.6 is 12.6 Å². The lowest BCUT2D eigenvalue weighted by molar-refractivity contribution is 0.117. The van der Waals surface area contributed by atoms with E-state index in [0.29, 0.717) is 0 Å². The number of hydrogen-bond donors (Lipinski definition) is 2. The fourth-order valence-corrected chi connectivity index (χ4v) is 3.21. The van der Waals surface area contributed by atoms with Gasteiger partial charge in [-0.2, -0.15) is 0 Å². The molecule has 0 aromatic rings. The second-order valence-corrected chi connectivity index (χ2v) is 8.55. The van der Waals surface area contributed by atoms with E-state index in [1.807, 2.05) is 0 Å². The van der Waals surface area contributed by atoms with Crippen LogP contribution in [0.15, 0.2) is 0 Å². The van der Waals surface area contributed by atoms with Crippen LogP contribution in [0.25, 0.3) is 0 Å². The summed E-state index contributed by atoms with van der Waals surface area (Å²) in [7, 11) is 0. The molecule has 0 spiro atoms. The fraction of sp³-hybridized carbons (Fsp3) is 1.00. The Morgan fingerprint density at radius 2 is 0.957 bits per heavy atom. The highest BCUT2D eigenvalue weighted by Crippen LogP contribution is 2.30. The van der Waals surface area contributed by atoms with Gasteiger partial charge in [0.2, 0.25) is 0 Å². The molecule has 0 amide bonds. The molecule has 0 aromatic heterocycles. The first-order chi connectivity index (χ1) is 11.0. The third-order valence-electron chi connectivity index (χ3n) is 5.12. The maximum Gasteiger partial charge on any atom is 0.102 e. The zero-order valence-corrected chi connectivity index (χ0v) is 17.2. The summed E-state index contributed by atoms with van der Waals surface area (Å²) in [5.41, 5.74) is -0.534. The second-order valence-electron chi connectivity index (χ2n) is 8.06. The summed E-state index contributed by atoms with van der Waals surface area (Å²) in [6.07, 6.45) is 22.1. The van der Waals surface area contributed by atoms with E-state index in [-0.39, 0.29) is 5.41 Å². The van der Waals surface area contributed by atoms with Crippen molar-refractivity contribution >= 4 is 12.6 Å². The number of aliphatic hydroxyl groups excluding tert-OH is 1. The molecule has 0 aromatic carbocycles. The molecule has 0 saturated carbocycles. The van der Waals surface area contributed by atoms with Gasteiger partial charge < -0.3 is 5.11 Å². The van der Waals surface area contributed by atoms with Crippen LogP contribution in [0.3, 0.4) is 0 Å². The summed E-state index contributed by atoms with van der Waals surface area (Å²) in [6.45, 7) is 6.50. The van der Waals surface area contributed by atoms with E-state index >= 15 is 0 Å². The van der Waals surface area contributed by atoms with Crippen LogP contribution in [0.5, 0.6) is 0 Å². The highest BCUT2D eigenvalue weighted by molar-refractivity contribution is 7.80. The standard InChI is InChI=1S/C21H44OS/c1-4-5-6-7-8-9-10-11-12-13-14-15-16-17-18-19-21(2,3)20(22)23/h20,22-23H,4-19H2,1-3H3. The van der Waals surface area contributed by atoms with Gasteiger partial charge in [-0.05, 0) is 11.8 Å². The molecule has 0 aliphatic heterocycles. The Kier molecular flexibility index (Phi) is 16.0. The average Bonchev–Trinajstić information content (AvgIpc) is 2.51. The molecule has 140 valence electrons. The van der Waals surface area contributed by atoms with Crippen molar-refractivity contribution in [3.8, 4) is 0 Å². The molecular weight excluding hydrogens is 300 g/mol. The normalized spacial score (nSPS) is 13.4. The summed E-state index contributed by atoms with van der Waals surface area (Å²) in [6, 6.07) is 0. The highest BCUT2D eigenvalue weighted by atomic mass is 32.1. The first-order valence-corrected chi connectivity index (χ1v) is 10.9. The predicted molar refractivity (Wildman–Crippen MR) is 108 cm³/mol. The van der Waals surface area contributed by atoms with E-state index in [9.17, 15) is 5.11 Å². The van der Waals surface area contributed by atoms with E-state index in [4.69, 9.17) is 0 Å². The van der Waals surface area contributed by atoms with Crippen LogP contribution in [0.2, 0.25) is 0 Å². The molecule has 23 heavy (non-hydrogen) atoms. The molecule has 0 bridgehead atoms. The maximum absolute atomic E-state index is 9.56. The van der Waals surface area contributed by atoms with Gasteiger partial charge in [-0.15, -0.1) is 12.6 Å². The van der Waals surface area contributed by atoms with Crippen LogP contribution in [0.1, 0.15) is 124 Å². The van der Waals surface area contributed by atoms with Crippen molar-refractivity contribution in [2.75, 3.05) is 0 Å². The van der Waals surface area contributed by atoms with Crippen LogP contribution in [-0.4, -0.2) is 10.5 Å². The lowest BCUT2D eigenvalue weighted by Crippen LogP contribution is -2.24. The largest absolute Gasteiger partial charge is 0.382 e. The Balaban J connectivity index is 3.14. The van der Waals surface area contributed by atoms with E-state index in [1.54, 1.807) is 0 Å². The van der Waals surface area contributed by atoms with Crippen molar-refractivity contribution in [1.29, 1.82) is 0 Å². The van der Waals surface area contributed by atoms with Crippen molar-refractivity contribution in [3.05, 3.63) is 0 Å². The lowest BCUT2D eigenvalue weighted by Gasteiger charge is -2.27. The van der Waals surface area contributed by atoms with Crippen molar-refractivity contribution in [1.82, 2.24) is 0 Å². The van der Waals surface area contributed by atoms with Gasteiger partial charge in [-0.25, -0.2) is 0 Å². The minimum Gasteiger partial charge on any atom is -0.382 e. The minimum atomic E-state index is -0.492. The molecule has 1 atom stereocenters. The molecule has 0 aliphatic rings. The zero-order chi connectivity index (χ0) is 17.4. The fourth-order valence-electron chi connectivity index (χ4n) is 3.08.